The molecular formula is C18H21N3O2. The van der Waals surface area contributed by atoms with E-state index in [0.29, 0.717) is 5.75 Å². The SMILES string of the molecule is NC(=O)c1nccc(Oc2ccccc2)c1C1CCCCCN1. The van der Waals surface area contributed by atoms with Crippen molar-refractivity contribution in [1.29, 1.82) is 0 Å². The molecule has 1 aliphatic rings. The second kappa shape index (κ2) is 7.24. The molecule has 0 bridgehead atoms. The van der Waals surface area contributed by atoms with E-state index in [-0.39, 0.29) is 11.7 Å². The molecule has 1 atom stereocenters. The average molecular weight is 311 g/mol. The van der Waals surface area contributed by atoms with Crippen LogP contribution < -0.4 is 15.8 Å². The number of benzene rings is 1. The molecule has 0 spiro atoms. The molecule has 1 fully saturated rings. The van der Waals surface area contributed by atoms with Gasteiger partial charge in [0.2, 0.25) is 0 Å². The lowest BCUT2D eigenvalue weighted by molar-refractivity contribution is 0.0993. The highest BCUT2D eigenvalue weighted by Crippen LogP contribution is 2.34. The molecule has 5 nitrogen and oxygen atoms in total. The van der Waals surface area contributed by atoms with Crippen LogP contribution >= 0.6 is 0 Å². The lowest BCUT2D eigenvalue weighted by Gasteiger charge is -2.21. The lowest BCUT2D eigenvalue weighted by Crippen LogP contribution is -2.25. The molecule has 1 aromatic heterocycles. The summed E-state index contributed by atoms with van der Waals surface area (Å²) in [5.41, 5.74) is 6.60. The average Bonchev–Trinajstić information content (AvgIpc) is 2.84. The van der Waals surface area contributed by atoms with Crippen molar-refractivity contribution in [2.45, 2.75) is 31.7 Å². The monoisotopic (exact) mass is 311 g/mol. The van der Waals surface area contributed by atoms with Crippen molar-refractivity contribution in [3.8, 4) is 11.5 Å². The number of carbonyl (C=O) groups excluding carboxylic acids is 1. The van der Waals surface area contributed by atoms with Gasteiger partial charge in [-0.1, -0.05) is 31.0 Å². The molecule has 120 valence electrons. The fourth-order valence-electron chi connectivity index (χ4n) is 2.97. The third kappa shape index (κ3) is 3.68. The first-order valence-electron chi connectivity index (χ1n) is 8.00. The number of primary amides is 1. The van der Waals surface area contributed by atoms with Gasteiger partial charge in [0, 0.05) is 17.8 Å². The maximum absolute atomic E-state index is 11.8. The molecule has 1 saturated heterocycles. The first-order chi connectivity index (χ1) is 11.3. The molecule has 23 heavy (non-hydrogen) atoms. The van der Waals surface area contributed by atoms with Crippen molar-refractivity contribution in [2.24, 2.45) is 5.73 Å². The Bertz CT molecular complexity index is 665. The summed E-state index contributed by atoms with van der Waals surface area (Å²) in [6, 6.07) is 11.4. The zero-order valence-electron chi connectivity index (χ0n) is 13.0. The van der Waals surface area contributed by atoms with E-state index in [0.717, 1.165) is 37.1 Å². The number of rotatable bonds is 4. The number of amides is 1. The van der Waals surface area contributed by atoms with Crippen LogP contribution in [0.4, 0.5) is 0 Å². The largest absolute Gasteiger partial charge is 0.457 e. The van der Waals surface area contributed by atoms with Crippen molar-refractivity contribution in [1.82, 2.24) is 10.3 Å². The highest BCUT2D eigenvalue weighted by atomic mass is 16.5. The van der Waals surface area contributed by atoms with Gasteiger partial charge in [-0.25, -0.2) is 0 Å². The molecule has 2 heterocycles. The number of hydrogen-bond acceptors (Lipinski definition) is 4. The van der Waals surface area contributed by atoms with E-state index in [1.54, 1.807) is 12.3 Å². The van der Waals surface area contributed by atoms with Crippen molar-refractivity contribution in [3.63, 3.8) is 0 Å². The maximum Gasteiger partial charge on any atom is 0.267 e. The molecule has 3 N–H and O–H groups in total. The van der Waals surface area contributed by atoms with Crippen LogP contribution in [0.1, 0.15) is 47.8 Å². The minimum atomic E-state index is -0.524. The quantitative estimate of drug-likeness (QED) is 0.909. The zero-order chi connectivity index (χ0) is 16.1. The summed E-state index contributed by atoms with van der Waals surface area (Å²) in [4.78, 5) is 16.0. The van der Waals surface area contributed by atoms with Crippen molar-refractivity contribution in [3.05, 3.63) is 53.9 Å². The van der Waals surface area contributed by atoms with E-state index in [2.05, 4.69) is 10.3 Å². The first-order valence-corrected chi connectivity index (χ1v) is 8.00. The van der Waals surface area contributed by atoms with Gasteiger partial charge in [0.25, 0.3) is 5.91 Å². The predicted octanol–water partition coefficient (Wildman–Crippen LogP) is 3.18. The fraction of sp³-hybridized carbons (Fsp3) is 0.333. The first kappa shape index (κ1) is 15.5. The van der Waals surface area contributed by atoms with Crippen LogP contribution in [0, 0.1) is 0 Å². The van der Waals surface area contributed by atoms with Gasteiger partial charge in [-0.05, 0) is 37.6 Å². The van der Waals surface area contributed by atoms with Crippen molar-refractivity contribution >= 4 is 5.91 Å². The Morgan fingerprint density at radius 1 is 1.17 bits per heavy atom. The number of hydrogen-bond donors (Lipinski definition) is 2. The van der Waals surface area contributed by atoms with E-state index in [1.165, 1.54) is 6.42 Å². The molecule has 3 rings (SSSR count). The zero-order valence-corrected chi connectivity index (χ0v) is 13.0. The Balaban J connectivity index is 2.00. The Kier molecular flexibility index (Phi) is 4.88. The molecule has 0 saturated carbocycles. The van der Waals surface area contributed by atoms with E-state index < -0.39 is 5.91 Å². The Labute approximate surface area is 135 Å². The number of nitrogens with one attached hydrogen (secondary N) is 1. The molecule has 0 aliphatic carbocycles. The van der Waals surface area contributed by atoms with Crippen LogP contribution in [0.25, 0.3) is 0 Å². The van der Waals surface area contributed by atoms with Crippen LogP contribution in [0.5, 0.6) is 11.5 Å². The smallest absolute Gasteiger partial charge is 0.267 e. The minimum Gasteiger partial charge on any atom is -0.457 e. The van der Waals surface area contributed by atoms with Gasteiger partial charge in [-0.2, -0.15) is 0 Å². The summed E-state index contributed by atoms with van der Waals surface area (Å²) in [5.74, 6) is 0.841. The second-order valence-corrected chi connectivity index (χ2v) is 5.71. The molecule has 1 unspecified atom stereocenters. The van der Waals surface area contributed by atoms with E-state index >= 15 is 0 Å². The lowest BCUT2D eigenvalue weighted by atomic mass is 9.99. The maximum atomic E-state index is 11.8. The second-order valence-electron chi connectivity index (χ2n) is 5.71. The molecule has 1 amide bonds. The normalized spacial score (nSPS) is 18.2. The van der Waals surface area contributed by atoms with Gasteiger partial charge in [0.1, 0.15) is 17.2 Å². The number of carbonyl (C=O) groups is 1. The molecular weight excluding hydrogens is 290 g/mol. The third-order valence-electron chi connectivity index (χ3n) is 4.06. The van der Waals surface area contributed by atoms with E-state index in [9.17, 15) is 4.79 Å². The number of ether oxygens (including phenoxy) is 1. The Morgan fingerprint density at radius 3 is 2.78 bits per heavy atom. The summed E-state index contributed by atoms with van der Waals surface area (Å²) >= 11 is 0. The van der Waals surface area contributed by atoms with Crippen molar-refractivity contribution < 1.29 is 9.53 Å². The van der Waals surface area contributed by atoms with Gasteiger partial charge < -0.3 is 15.8 Å². The van der Waals surface area contributed by atoms with E-state index in [4.69, 9.17) is 10.5 Å². The molecule has 1 aliphatic heterocycles. The Hall–Kier alpha value is -2.40. The number of aromatic nitrogens is 1. The standard InChI is InChI=1S/C18H21N3O2/c19-18(22)17-16(14-9-5-2-6-11-20-14)15(10-12-21-17)23-13-7-3-1-4-8-13/h1,3-4,7-8,10,12,14,20H,2,5-6,9,11H2,(H2,19,22). The number of nitrogens with zero attached hydrogens (tertiary/aromatic N) is 1. The summed E-state index contributed by atoms with van der Waals surface area (Å²) in [7, 11) is 0. The van der Waals surface area contributed by atoms with Gasteiger partial charge in [0.15, 0.2) is 0 Å². The summed E-state index contributed by atoms with van der Waals surface area (Å²) < 4.78 is 6.01. The van der Waals surface area contributed by atoms with E-state index in [1.807, 2.05) is 30.3 Å². The van der Waals surface area contributed by atoms with Gasteiger partial charge >= 0.3 is 0 Å². The van der Waals surface area contributed by atoms with Crippen LogP contribution in [0.3, 0.4) is 0 Å². The minimum absolute atomic E-state index is 0.0346. The fourth-order valence-corrected chi connectivity index (χ4v) is 2.97. The van der Waals surface area contributed by atoms with Crippen LogP contribution in [0.2, 0.25) is 0 Å². The van der Waals surface area contributed by atoms with Crippen LogP contribution in [-0.2, 0) is 0 Å². The van der Waals surface area contributed by atoms with Gasteiger partial charge in [-0.3, -0.25) is 9.78 Å². The molecule has 1 aromatic carbocycles. The number of para-hydroxylation sites is 1. The number of nitrogens with two attached hydrogens (primary N) is 1. The molecule has 5 heteroatoms. The molecule has 0 radical (unpaired) electrons. The predicted molar refractivity (Wildman–Crippen MR) is 88.5 cm³/mol. The third-order valence-corrected chi connectivity index (χ3v) is 4.06. The summed E-state index contributed by atoms with van der Waals surface area (Å²) in [5, 5.41) is 3.49. The van der Waals surface area contributed by atoms with Crippen LogP contribution in [0.15, 0.2) is 42.6 Å². The summed E-state index contributed by atoms with van der Waals surface area (Å²) in [6.45, 7) is 0.919. The van der Waals surface area contributed by atoms with Gasteiger partial charge in [-0.15, -0.1) is 0 Å². The number of pyridine rings is 1. The van der Waals surface area contributed by atoms with Gasteiger partial charge in [0.05, 0.1) is 0 Å². The Morgan fingerprint density at radius 2 is 2.00 bits per heavy atom. The summed E-state index contributed by atoms with van der Waals surface area (Å²) in [6.07, 6.45) is 5.94. The highest BCUT2D eigenvalue weighted by molar-refractivity contribution is 5.93. The highest BCUT2D eigenvalue weighted by Gasteiger charge is 2.24. The molecule has 2 aromatic rings. The van der Waals surface area contributed by atoms with Crippen LogP contribution in [-0.4, -0.2) is 17.4 Å². The van der Waals surface area contributed by atoms with Crippen molar-refractivity contribution in [2.75, 3.05) is 6.54 Å². The topological polar surface area (TPSA) is 77.2 Å².